The number of likely N-dealkylation sites (N-methyl/N-ethyl adjacent to an activating group) is 1. The van der Waals surface area contributed by atoms with E-state index in [4.69, 9.17) is 16.3 Å². The molecule has 1 heterocycles. The highest BCUT2D eigenvalue weighted by molar-refractivity contribution is 6.34. The largest absolute Gasteiger partial charge is 0.497 e. The van der Waals surface area contributed by atoms with E-state index >= 15 is 0 Å². The van der Waals surface area contributed by atoms with Crippen molar-refractivity contribution >= 4 is 35.0 Å². The van der Waals surface area contributed by atoms with Crippen LogP contribution >= 0.6 is 11.6 Å². The number of fused-ring (bicyclic) bond motifs is 1. The van der Waals surface area contributed by atoms with Crippen LogP contribution in [0.4, 0.5) is 5.69 Å². The molecule has 0 radical (unpaired) electrons. The molecule has 1 unspecified atom stereocenters. The summed E-state index contributed by atoms with van der Waals surface area (Å²) in [5.41, 5.74) is 1.01. The molecule has 1 atom stereocenters. The quantitative estimate of drug-likeness (QED) is 0.676. The zero-order valence-corrected chi connectivity index (χ0v) is 14.3. The van der Waals surface area contributed by atoms with Gasteiger partial charge in [0.15, 0.2) is 0 Å². The summed E-state index contributed by atoms with van der Waals surface area (Å²) in [5, 5.41) is 3.01. The molecule has 6 nitrogen and oxygen atoms in total. The Morgan fingerprint density at radius 3 is 2.60 bits per heavy atom. The van der Waals surface area contributed by atoms with Crippen LogP contribution in [-0.4, -0.2) is 36.8 Å². The first-order valence-corrected chi connectivity index (χ1v) is 7.87. The van der Waals surface area contributed by atoms with Gasteiger partial charge in [-0.15, -0.1) is 0 Å². The summed E-state index contributed by atoms with van der Waals surface area (Å²) < 4.78 is 5.12. The number of nitrogens with zero attached hydrogens (tertiary/aromatic N) is 1. The first kappa shape index (κ1) is 17.0. The Balaban J connectivity index is 2.02. The summed E-state index contributed by atoms with van der Waals surface area (Å²) in [6.45, 7) is 0. The first-order valence-electron chi connectivity index (χ1n) is 7.49. The summed E-state index contributed by atoms with van der Waals surface area (Å²) in [6, 6.07) is 11.4. The van der Waals surface area contributed by atoms with Crippen molar-refractivity contribution in [1.29, 1.82) is 0 Å². The van der Waals surface area contributed by atoms with E-state index in [1.165, 1.54) is 20.2 Å². The summed E-state index contributed by atoms with van der Waals surface area (Å²) >= 11 is 6.05. The van der Waals surface area contributed by atoms with Crippen molar-refractivity contribution in [3.63, 3.8) is 0 Å². The Hall–Kier alpha value is -2.86. The van der Waals surface area contributed by atoms with Gasteiger partial charge >= 0.3 is 0 Å². The van der Waals surface area contributed by atoms with Gasteiger partial charge in [-0.2, -0.15) is 0 Å². The predicted octanol–water partition coefficient (Wildman–Crippen LogP) is 2.68. The number of rotatable bonds is 3. The first-order chi connectivity index (χ1) is 11.9. The highest BCUT2D eigenvalue weighted by Gasteiger charge is 2.41. The van der Waals surface area contributed by atoms with Crippen molar-refractivity contribution in [2.75, 3.05) is 19.5 Å². The van der Waals surface area contributed by atoms with Gasteiger partial charge in [0.25, 0.3) is 5.91 Å². The van der Waals surface area contributed by atoms with E-state index in [1.807, 2.05) is 0 Å². The van der Waals surface area contributed by atoms with E-state index in [0.717, 1.165) is 4.90 Å². The molecular weight excluding hydrogens is 344 g/mol. The van der Waals surface area contributed by atoms with Crippen molar-refractivity contribution in [3.8, 4) is 5.75 Å². The Labute approximate surface area is 149 Å². The molecule has 1 aliphatic heterocycles. The number of para-hydroxylation sites is 1. The number of ether oxygens (including phenoxy) is 1. The van der Waals surface area contributed by atoms with E-state index in [1.54, 1.807) is 36.4 Å². The smallest absolute Gasteiger partial charge is 0.260 e. The van der Waals surface area contributed by atoms with Crippen molar-refractivity contribution in [1.82, 2.24) is 4.90 Å². The van der Waals surface area contributed by atoms with E-state index < -0.39 is 23.6 Å². The van der Waals surface area contributed by atoms with Gasteiger partial charge in [0, 0.05) is 12.6 Å². The van der Waals surface area contributed by atoms with Crippen molar-refractivity contribution in [2.45, 2.75) is 5.92 Å². The predicted molar refractivity (Wildman–Crippen MR) is 92.9 cm³/mol. The molecule has 0 spiro atoms. The molecule has 1 aliphatic rings. The second kappa shape index (κ2) is 6.57. The van der Waals surface area contributed by atoms with E-state index in [-0.39, 0.29) is 5.56 Å². The van der Waals surface area contributed by atoms with Gasteiger partial charge in [-0.1, -0.05) is 29.8 Å². The molecule has 3 rings (SSSR count). The molecule has 128 valence electrons. The Morgan fingerprint density at radius 2 is 1.92 bits per heavy atom. The van der Waals surface area contributed by atoms with Crippen molar-refractivity contribution in [2.24, 2.45) is 0 Å². The van der Waals surface area contributed by atoms with Gasteiger partial charge in [0.1, 0.15) is 11.7 Å². The van der Waals surface area contributed by atoms with Crippen molar-refractivity contribution < 1.29 is 19.1 Å². The lowest BCUT2D eigenvalue weighted by Gasteiger charge is -2.29. The van der Waals surface area contributed by atoms with Crippen LogP contribution in [0.5, 0.6) is 5.75 Å². The number of halogens is 1. The number of imide groups is 1. The number of carbonyl (C=O) groups excluding carboxylic acids is 3. The number of anilines is 1. The number of methoxy groups -OCH3 is 1. The Bertz CT molecular complexity index is 881. The second-order valence-corrected chi connectivity index (χ2v) is 5.96. The zero-order chi connectivity index (χ0) is 18.1. The molecule has 0 bridgehead atoms. The highest BCUT2D eigenvalue weighted by Crippen LogP contribution is 2.33. The lowest BCUT2D eigenvalue weighted by Crippen LogP contribution is -2.46. The van der Waals surface area contributed by atoms with E-state index in [0.29, 0.717) is 22.0 Å². The van der Waals surface area contributed by atoms with E-state index in [2.05, 4.69) is 5.32 Å². The standard InChI is InChI=1S/C18H15ClN2O4/c1-21-17(23)12-9-10(25-2)7-8-11(12)15(18(21)24)16(22)20-14-6-4-3-5-13(14)19/h3-9,15H,1-2H3,(H,20,22). The molecule has 0 saturated carbocycles. The normalized spacial score (nSPS) is 16.4. The van der Waals surface area contributed by atoms with Crippen LogP contribution in [0.25, 0.3) is 0 Å². The number of amides is 3. The molecule has 0 aliphatic carbocycles. The fourth-order valence-electron chi connectivity index (χ4n) is 2.73. The fourth-order valence-corrected chi connectivity index (χ4v) is 2.91. The number of nitrogens with one attached hydrogen (secondary N) is 1. The van der Waals surface area contributed by atoms with Crippen molar-refractivity contribution in [3.05, 3.63) is 58.6 Å². The van der Waals surface area contributed by atoms with Crippen LogP contribution in [-0.2, 0) is 9.59 Å². The average molecular weight is 359 g/mol. The minimum absolute atomic E-state index is 0.265. The van der Waals surface area contributed by atoms with Crippen LogP contribution in [0.3, 0.4) is 0 Å². The maximum Gasteiger partial charge on any atom is 0.260 e. The SMILES string of the molecule is COc1ccc2c(c1)C(=O)N(C)C(=O)C2C(=O)Nc1ccccc1Cl. The maximum absolute atomic E-state index is 12.7. The van der Waals surface area contributed by atoms with Gasteiger partial charge in [-0.25, -0.2) is 0 Å². The third kappa shape index (κ3) is 2.96. The van der Waals surface area contributed by atoms with Gasteiger partial charge < -0.3 is 10.1 Å². The summed E-state index contributed by atoms with van der Waals surface area (Å²) in [5.74, 6) is -2.28. The molecule has 7 heteroatoms. The molecule has 2 aromatic rings. The van der Waals surface area contributed by atoms with Crippen LogP contribution in [0, 0.1) is 0 Å². The zero-order valence-electron chi connectivity index (χ0n) is 13.6. The van der Waals surface area contributed by atoms with Gasteiger partial charge in [0.05, 0.1) is 17.8 Å². The second-order valence-electron chi connectivity index (χ2n) is 5.56. The molecule has 0 fully saturated rings. The lowest BCUT2D eigenvalue weighted by atomic mass is 9.87. The number of benzene rings is 2. The third-order valence-corrected chi connectivity index (χ3v) is 4.41. The fraction of sp³-hybridized carbons (Fsp3) is 0.167. The van der Waals surface area contributed by atoms with Gasteiger partial charge in [-0.3, -0.25) is 19.3 Å². The Morgan fingerprint density at radius 1 is 1.20 bits per heavy atom. The molecule has 3 amide bonds. The Kier molecular flexibility index (Phi) is 4.46. The average Bonchev–Trinajstić information content (AvgIpc) is 2.61. The van der Waals surface area contributed by atoms with Crippen LogP contribution < -0.4 is 10.1 Å². The van der Waals surface area contributed by atoms with Crippen LogP contribution in [0.15, 0.2) is 42.5 Å². The number of hydrogen-bond donors (Lipinski definition) is 1. The number of carbonyl (C=O) groups is 3. The highest BCUT2D eigenvalue weighted by atomic mass is 35.5. The minimum Gasteiger partial charge on any atom is -0.497 e. The summed E-state index contributed by atoms with van der Waals surface area (Å²) in [6.07, 6.45) is 0. The molecule has 2 aromatic carbocycles. The van der Waals surface area contributed by atoms with Gasteiger partial charge in [-0.05, 0) is 29.8 Å². The van der Waals surface area contributed by atoms with Crippen LogP contribution in [0.1, 0.15) is 21.8 Å². The minimum atomic E-state index is -1.14. The number of hydrogen-bond acceptors (Lipinski definition) is 4. The summed E-state index contributed by atoms with van der Waals surface area (Å²) in [7, 11) is 2.83. The molecule has 0 saturated heterocycles. The van der Waals surface area contributed by atoms with Gasteiger partial charge in [0.2, 0.25) is 11.8 Å². The maximum atomic E-state index is 12.7. The topological polar surface area (TPSA) is 75.7 Å². The monoisotopic (exact) mass is 358 g/mol. The third-order valence-electron chi connectivity index (χ3n) is 4.08. The van der Waals surface area contributed by atoms with E-state index in [9.17, 15) is 14.4 Å². The van der Waals surface area contributed by atoms with Crippen LogP contribution in [0.2, 0.25) is 5.02 Å². The molecule has 1 N–H and O–H groups in total. The summed E-state index contributed by atoms with van der Waals surface area (Å²) in [4.78, 5) is 38.6. The molecular formula is C18H15ClN2O4. The molecule has 25 heavy (non-hydrogen) atoms. The molecule has 0 aromatic heterocycles. The lowest BCUT2D eigenvalue weighted by molar-refractivity contribution is -0.134.